The lowest BCUT2D eigenvalue weighted by molar-refractivity contribution is -0.123. The smallest absolute Gasteiger partial charge is 0.254 e. The first kappa shape index (κ1) is 10.1. The second kappa shape index (κ2) is 4.34. The summed E-state index contributed by atoms with van der Waals surface area (Å²) in [5.41, 5.74) is 0. The van der Waals surface area contributed by atoms with E-state index in [0.717, 1.165) is 4.47 Å². The van der Waals surface area contributed by atoms with Gasteiger partial charge in [0.15, 0.2) is 0 Å². The van der Waals surface area contributed by atoms with Gasteiger partial charge in [-0.1, -0.05) is 0 Å². The van der Waals surface area contributed by atoms with Crippen LogP contribution in [0.1, 0.15) is 6.92 Å². The summed E-state index contributed by atoms with van der Waals surface area (Å²) in [5.74, 6) is -0.0380. The maximum absolute atomic E-state index is 11.0. The fourth-order valence-electron chi connectivity index (χ4n) is 0.680. The van der Waals surface area contributed by atoms with Crippen LogP contribution in [0, 0.1) is 0 Å². The molecule has 70 valence electrons. The van der Waals surface area contributed by atoms with Crippen molar-refractivity contribution < 1.29 is 9.90 Å². The van der Waals surface area contributed by atoms with E-state index in [1.54, 1.807) is 18.3 Å². The highest BCUT2D eigenvalue weighted by molar-refractivity contribution is 9.10. The van der Waals surface area contributed by atoms with Gasteiger partial charge in [-0.2, -0.15) is 0 Å². The van der Waals surface area contributed by atoms with Gasteiger partial charge in [0.2, 0.25) is 0 Å². The fourth-order valence-corrected chi connectivity index (χ4v) is 0.915. The third-order valence-corrected chi connectivity index (χ3v) is 1.83. The predicted molar refractivity (Wildman–Crippen MR) is 52.2 cm³/mol. The fraction of sp³-hybridized carbons (Fsp3) is 0.250. The van der Waals surface area contributed by atoms with E-state index in [1.165, 1.54) is 6.92 Å². The molecule has 1 amide bonds. The lowest BCUT2D eigenvalue weighted by atomic mass is 10.4. The Morgan fingerprint density at radius 1 is 1.69 bits per heavy atom. The number of aliphatic hydroxyl groups excluding tert-OH is 1. The highest BCUT2D eigenvalue weighted by Gasteiger charge is 2.08. The van der Waals surface area contributed by atoms with Gasteiger partial charge in [-0.3, -0.25) is 4.79 Å². The van der Waals surface area contributed by atoms with Gasteiger partial charge in [0, 0.05) is 10.7 Å². The monoisotopic (exact) mass is 244 g/mol. The molecule has 2 N–H and O–H groups in total. The number of anilines is 1. The number of amides is 1. The molecule has 0 fully saturated rings. The molecule has 1 aromatic rings. The normalized spacial score (nSPS) is 12.2. The summed E-state index contributed by atoms with van der Waals surface area (Å²) >= 11 is 3.22. The number of hydrogen-bond acceptors (Lipinski definition) is 3. The number of aliphatic hydroxyl groups is 1. The van der Waals surface area contributed by atoms with Crippen molar-refractivity contribution in [2.24, 2.45) is 0 Å². The number of halogens is 1. The van der Waals surface area contributed by atoms with Crippen LogP contribution in [0.15, 0.2) is 22.8 Å². The molecule has 0 aliphatic rings. The number of carbonyl (C=O) groups is 1. The number of nitrogens with one attached hydrogen (secondary N) is 1. The number of aromatic nitrogens is 1. The summed E-state index contributed by atoms with van der Waals surface area (Å²) in [7, 11) is 0. The first-order chi connectivity index (χ1) is 6.09. The molecular weight excluding hydrogens is 236 g/mol. The zero-order valence-electron chi connectivity index (χ0n) is 6.99. The minimum absolute atomic E-state index is 0.425. The van der Waals surface area contributed by atoms with Crippen molar-refractivity contribution in [2.75, 3.05) is 5.32 Å². The molecule has 0 radical (unpaired) electrons. The Balaban J connectivity index is 2.65. The Morgan fingerprint density at radius 3 is 2.85 bits per heavy atom. The van der Waals surface area contributed by atoms with Gasteiger partial charge in [-0.15, -0.1) is 0 Å². The Bertz CT molecular complexity index is 298. The number of nitrogens with zero attached hydrogens (tertiary/aromatic N) is 1. The van der Waals surface area contributed by atoms with Crippen LogP contribution in [0.4, 0.5) is 5.82 Å². The Kier molecular flexibility index (Phi) is 3.39. The molecule has 0 aromatic carbocycles. The molecule has 1 heterocycles. The van der Waals surface area contributed by atoms with Gasteiger partial charge in [0.05, 0.1) is 0 Å². The predicted octanol–water partition coefficient (Wildman–Crippen LogP) is 1.16. The standard InChI is InChI=1S/C8H9BrN2O2/c1-5(12)8(13)11-7-3-2-6(9)4-10-7/h2-5,12H,1H3,(H,10,11,13)/t5-/m0/s1. The van der Waals surface area contributed by atoms with Crippen molar-refractivity contribution in [1.82, 2.24) is 4.98 Å². The van der Waals surface area contributed by atoms with Gasteiger partial charge < -0.3 is 10.4 Å². The summed E-state index contributed by atoms with van der Waals surface area (Å²) in [5, 5.41) is 11.3. The zero-order chi connectivity index (χ0) is 9.84. The molecule has 0 aliphatic carbocycles. The van der Waals surface area contributed by atoms with Gasteiger partial charge in [-0.05, 0) is 35.0 Å². The molecule has 1 rings (SSSR count). The van der Waals surface area contributed by atoms with E-state index < -0.39 is 12.0 Å². The van der Waals surface area contributed by atoms with E-state index in [0.29, 0.717) is 5.82 Å². The van der Waals surface area contributed by atoms with Gasteiger partial charge in [0.1, 0.15) is 11.9 Å². The van der Waals surface area contributed by atoms with E-state index in [2.05, 4.69) is 26.2 Å². The number of hydrogen-bond donors (Lipinski definition) is 2. The van der Waals surface area contributed by atoms with E-state index in [9.17, 15) is 4.79 Å². The minimum atomic E-state index is -1.02. The maximum Gasteiger partial charge on any atom is 0.254 e. The summed E-state index contributed by atoms with van der Waals surface area (Å²) in [4.78, 5) is 14.9. The molecule has 13 heavy (non-hydrogen) atoms. The lowest BCUT2D eigenvalue weighted by Crippen LogP contribution is -2.24. The third-order valence-electron chi connectivity index (χ3n) is 1.36. The van der Waals surface area contributed by atoms with E-state index >= 15 is 0 Å². The van der Waals surface area contributed by atoms with Gasteiger partial charge in [-0.25, -0.2) is 4.98 Å². The highest BCUT2D eigenvalue weighted by atomic mass is 79.9. The second-order valence-corrected chi connectivity index (χ2v) is 3.44. The molecule has 0 spiro atoms. The molecular formula is C8H9BrN2O2. The van der Waals surface area contributed by atoms with Crippen LogP contribution in [-0.2, 0) is 4.79 Å². The van der Waals surface area contributed by atoms with Crippen LogP contribution in [0.5, 0.6) is 0 Å². The SMILES string of the molecule is C[C@H](O)C(=O)Nc1ccc(Br)cn1. The van der Waals surface area contributed by atoms with E-state index in [1.807, 2.05) is 0 Å². The minimum Gasteiger partial charge on any atom is -0.384 e. The quantitative estimate of drug-likeness (QED) is 0.821. The Hall–Kier alpha value is -0.940. The number of pyridine rings is 1. The molecule has 5 heteroatoms. The first-order valence-corrected chi connectivity index (χ1v) is 4.49. The Morgan fingerprint density at radius 2 is 2.38 bits per heavy atom. The average Bonchev–Trinajstić information content (AvgIpc) is 2.08. The van der Waals surface area contributed by atoms with Crippen molar-refractivity contribution in [1.29, 1.82) is 0 Å². The van der Waals surface area contributed by atoms with Crippen molar-refractivity contribution in [3.63, 3.8) is 0 Å². The average molecular weight is 245 g/mol. The summed E-state index contributed by atoms with van der Waals surface area (Å²) in [6.45, 7) is 1.40. The molecule has 1 aromatic heterocycles. The summed E-state index contributed by atoms with van der Waals surface area (Å²) in [6, 6.07) is 3.40. The van der Waals surface area contributed by atoms with Crippen molar-refractivity contribution in [3.05, 3.63) is 22.8 Å². The third kappa shape index (κ3) is 3.12. The van der Waals surface area contributed by atoms with Crippen molar-refractivity contribution in [2.45, 2.75) is 13.0 Å². The largest absolute Gasteiger partial charge is 0.384 e. The highest BCUT2D eigenvalue weighted by Crippen LogP contribution is 2.10. The second-order valence-electron chi connectivity index (χ2n) is 2.53. The maximum atomic E-state index is 11.0. The van der Waals surface area contributed by atoms with Crippen LogP contribution in [0.2, 0.25) is 0 Å². The van der Waals surface area contributed by atoms with Crippen LogP contribution >= 0.6 is 15.9 Å². The molecule has 0 unspecified atom stereocenters. The molecule has 0 aliphatic heterocycles. The molecule has 1 atom stereocenters. The van der Waals surface area contributed by atoms with Crippen molar-refractivity contribution in [3.8, 4) is 0 Å². The number of rotatable bonds is 2. The Labute approximate surface area is 84.1 Å². The van der Waals surface area contributed by atoms with E-state index in [-0.39, 0.29) is 0 Å². The molecule has 0 saturated carbocycles. The topological polar surface area (TPSA) is 62.2 Å². The summed E-state index contributed by atoms with van der Waals surface area (Å²) in [6.07, 6.45) is 0.544. The first-order valence-electron chi connectivity index (χ1n) is 3.70. The molecule has 4 nitrogen and oxygen atoms in total. The lowest BCUT2D eigenvalue weighted by Gasteiger charge is -2.05. The molecule has 0 saturated heterocycles. The van der Waals surface area contributed by atoms with E-state index in [4.69, 9.17) is 5.11 Å². The van der Waals surface area contributed by atoms with Crippen molar-refractivity contribution >= 4 is 27.7 Å². The van der Waals surface area contributed by atoms with Gasteiger partial charge in [0.25, 0.3) is 5.91 Å². The number of carbonyl (C=O) groups excluding carboxylic acids is 1. The van der Waals surface area contributed by atoms with Gasteiger partial charge >= 0.3 is 0 Å². The van der Waals surface area contributed by atoms with Crippen LogP contribution in [0.3, 0.4) is 0 Å². The van der Waals surface area contributed by atoms with Crippen LogP contribution < -0.4 is 5.32 Å². The summed E-state index contributed by atoms with van der Waals surface area (Å²) < 4.78 is 0.836. The molecule has 0 bridgehead atoms. The van der Waals surface area contributed by atoms with Crippen LogP contribution in [0.25, 0.3) is 0 Å². The van der Waals surface area contributed by atoms with Crippen LogP contribution in [-0.4, -0.2) is 22.1 Å². The zero-order valence-corrected chi connectivity index (χ0v) is 8.58.